The van der Waals surface area contributed by atoms with Gasteiger partial charge in [0.1, 0.15) is 11.5 Å². The highest BCUT2D eigenvalue weighted by atomic mass is 16.5. The molecule has 1 aliphatic rings. The molecule has 0 radical (unpaired) electrons. The molecule has 3 rings (SSSR count). The molecular formula is C18H21NO4. The van der Waals surface area contributed by atoms with E-state index in [-0.39, 0.29) is 11.9 Å². The van der Waals surface area contributed by atoms with Crippen LogP contribution in [0.5, 0.6) is 5.75 Å². The molecule has 23 heavy (non-hydrogen) atoms. The van der Waals surface area contributed by atoms with E-state index >= 15 is 0 Å². The maximum Gasteiger partial charge on any atom is 0.254 e. The molecule has 2 heterocycles. The molecule has 0 saturated carbocycles. The van der Waals surface area contributed by atoms with Crippen LogP contribution in [-0.2, 0) is 11.3 Å². The quantitative estimate of drug-likeness (QED) is 0.851. The fourth-order valence-corrected chi connectivity index (χ4v) is 2.86. The number of amides is 1. The highest BCUT2D eigenvalue weighted by Gasteiger charge is 2.27. The molecular weight excluding hydrogens is 294 g/mol. The summed E-state index contributed by atoms with van der Waals surface area (Å²) in [5.41, 5.74) is 0.627. The first kappa shape index (κ1) is 15.6. The third-order valence-electron chi connectivity index (χ3n) is 4.12. The van der Waals surface area contributed by atoms with Gasteiger partial charge in [-0.05, 0) is 43.2 Å². The largest absolute Gasteiger partial charge is 0.497 e. The van der Waals surface area contributed by atoms with Gasteiger partial charge in [-0.15, -0.1) is 0 Å². The normalized spacial score (nSPS) is 15.3. The van der Waals surface area contributed by atoms with Gasteiger partial charge in [0.15, 0.2) is 0 Å². The summed E-state index contributed by atoms with van der Waals surface area (Å²) in [7, 11) is 1.60. The summed E-state index contributed by atoms with van der Waals surface area (Å²) < 4.78 is 16.1. The predicted molar refractivity (Wildman–Crippen MR) is 85.4 cm³/mol. The zero-order valence-corrected chi connectivity index (χ0v) is 13.2. The number of carbonyl (C=O) groups is 1. The predicted octanol–water partition coefficient (Wildman–Crippen LogP) is 3.11. The van der Waals surface area contributed by atoms with E-state index in [0.717, 1.165) is 18.6 Å². The molecule has 1 fully saturated rings. The van der Waals surface area contributed by atoms with E-state index in [1.165, 1.54) is 0 Å². The van der Waals surface area contributed by atoms with Crippen molar-refractivity contribution in [3.63, 3.8) is 0 Å². The van der Waals surface area contributed by atoms with Crippen molar-refractivity contribution in [1.29, 1.82) is 0 Å². The second-order valence-corrected chi connectivity index (χ2v) is 5.59. The maximum absolute atomic E-state index is 13.0. The fraction of sp³-hybridized carbons (Fsp3) is 0.389. The Bertz CT molecular complexity index is 632. The number of methoxy groups -OCH3 is 1. The molecule has 0 unspecified atom stereocenters. The summed E-state index contributed by atoms with van der Waals surface area (Å²) in [5, 5.41) is 0. The second kappa shape index (κ2) is 7.33. The number of hydrogen-bond acceptors (Lipinski definition) is 4. The molecule has 0 N–H and O–H groups in total. The molecule has 5 heteroatoms. The van der Waals surface area contributed by atoms with Crippen molar-refractivity contribution in [2.45, 2.75) is 25.4 Å². The van der Waals surface area contributed by atoms with Crippen LogP contribution in [0.25, 0.3) is 0 Å². The molecule has 0 atom stereocenters. The summed E-state index contributed by atoms with van der Waals surface area (Å²) in [5.74, 6) is 1.46. The molecule has 1 aromatic heterocycles. The number of ether oxygens (including phenoxy) is 2. The van der Waals surface area contributed by atoms with Crippen molar-refractivity contribution in [2.24, 2.45) is 0 Å². The smallest absolute Gasteiger partial charge is 0.254 e. The van der Waals surface area contributed by atoms with E-state index in [4.69, 9.17) is 13.9 Å². The van der Waals surface area contributed by atoms with Crippen LogP contribution < -0.4 is 4.74 Å². The van der Waals surface area contributed by atoms with E-state index in [1.807, 2.05) is 35.2 Å². The van der Waals surface area contributed by atoms with Crippen molar-refractivity contribution in [2.75, 3.05) is 20.3 Å². The van der Waals surface area contributed by atoms with Gasteiger partial charge in [0.2, 0.25) is 0 Å². The number of hydrogen-bond donors (Lipinski definition) is 0. The van der Waals surface area contributed by atoms with E-state index < -0.39 is 0 Å². The number of nitrogens with zero attached hydrogens (tertiary/aromatic N) is 1. The standard InChI is InChI=1S/C18H21NO4/c1-21-16-5-2-4-14(12-16)18(20)19(13-17-6-3-9-23-17)15-7-10-22-11-8-15/h2-6,9,12,15H,7-8,10-11,13H2,1H3. The second-order valence-electron chi connectivity index (χ2n) is 5.59. The average molecular weight is 315 g/mol. The molecule has 0 aliphatic carbocycles. The van der Waals surface area contributed by atoms with Gasteiger partial charge in [0, 0.05) is 24.8 Å². The summed E-state index contributed by atoms with van der Waals surface area (Å²) >= 11 is 0. The maximum atomic E-state index is 13.0. The van der Waals surface area contributed by atoms with Gasteiger partial charge in [0.25, 0.3) is 5.91 Å². The fourth-order valence-electron chi connectivity index (χ4n) is 2.86. The van der Waals surface area contributed by atoms with E-state index in [1.54, 1.807) is 19.4 Å². The van der Waals surface area contributed by atoms with Gasteiger partial charge in [-0.1, -0.05) is 6.07 Å². The summed E-state index contributed by atoms with van der Waals surface area (Å²) in [4.78, 5) is 14.9. The van der Waals surface area contributed by atoms with Crippen LogP contribution in [-0.4, -0.2) is 37.2 Å². The SMILES string of the molecule is COc1cccc(C(=O)N(Cc2ccco2)C2CCOCC2)c1. The van der Waals surface area contributed by atoms with E-state index in [0.29, 0.717) is 31.1 Å². The first-order valence-electron chi connectivity index (χ1n) is 7.83. The summed E-state index contributed by atoms with van der Waals surface area (Å²) in [6.07, 6.45) is 3.32. The molecule has 2 aromatic rings. The Labute approximate surface area is 135 Å². The van der Waals surface area contributed by atoms with Crippen molar-refractivity contribution in [1.82, 2.24) is 4.90 Å². The summed E-state index contributed by atoms with van der Waals surface area (Å²) in [6, 6.07) is 11.2. The van der Waals surface area contributed by atoms with Crippen LogP contribution in [0.1, 0.15) is 29.0 Å². The minimum Gasteiger partial charge on any atom is -0.497 e. The lowest BCUT2D eigenvalue weighted by molar-refractivity contribution is 0.0249. The molecule has 122 valence electrons. The zero-order chi connectivity index (χ0) is 16.1. The Morgan fingerprint density at radius 3 is 2.78 bits per heavy atom. The number of rotatable bonds is 5. The third-order valence-corrected chi connectivity index (χ3v) is 4.12. The van der Waals surface area contributed by atoms with Gasteiger partial charge >= 0.3 is 0 Å². The van der Waals surface area contributed by atoms with E-state index in [9.17, 15) is 4.79 Å². The Kier molecular flexibility index (Phi) is 4.98. The highest BCUT2D eigenvalue weighted by molar-refractivity contribution is 5.94. The molecule has 1 aliphatic heterocycles. The molecule has 0 spiro atoms. The minimum absolute atomic E-state index is 0.00722. The van der Waals surface area contributed by atoms with Crippen LogP contribution >= 0.6 is 0 Å². The summed E-state index contributed by atoms with van der Waals surface area (Å²) in [6.45, 7) is 1.84. The number of carbonyl (C=O) groups excluding carboxylic acids is 1. The topological polar surface area (TPSA) is 51.9 Å². The van der Waals surface area contributed by atoms with Gasteiger partial charge in [-0.2, -0.15) is 0 Å². The Morgan fingerprint density at radius 2 is 2.09 bits per heavy atom. The van der Waals surface area contributed by atoms with Crippen molar-refractivity contribution < 1.29 is 18.7 Å². The first-order chi connectivity index (χ1) is 11.3. The Morgan fingerprint density at radius 1 is 1.26 bits per heavy atom. The van der Waals surface area contributed by atoms with Gasteiger partial charge in [0.05, 0.1) is 19.9 Å². The number of furan rings is 1. The number of benzene rings is 1. The Balaban J connectivity index is 1.84. The van der Waals surface area contributed by atoms with Crippen molar-refractivity contribution >= 4 is 5.91 Å². The molecule has 0 bridgehead atoms. The third kappa shape index (κ3) is 3.74. The van der Waals surface area contributed by atoms with Crippen LogP contribution in [0, 0.1) is 0 Å². The highest BCUT2D eigenvalue weighted by Crippen LogP contribution is 2.22. The lowest BCUT2D eigenvalue weighted by Gasteiger charge is -2.34. The van der Waals surface area contributed by atoms with Crippen LogP contribution in [0.2, 0.25) is 0 Å². The minimum atomic E-state index is -0.00722. The molecule has 1 aromatic carbocycles. The van der Waals surface area contributed by atoms with Crippen molar-refractivity contribution in [3.8, 4) is 5.75 Å². The average Bonchev–Trinajstić information content (AvgIpc) is 3.13. The van der Waals surface area contributed by atoms with Crippen molar-refractivity contribution in [3.05, 3.63) is 54.0 Å². The monoisotopic (exact) mass is 315 g/mol. The molecule has 1 amide bonds. The van der Waals surface area contributed by atoms with Gasteiger partial charge in [-0.3, -0.25) is 4.79 Å². The van der Waals surface area contributed by atoms with Crippen LogP contribution in [0.4, 0.5) is 0 Å². The lowest BCUT2D eigenvalue weighted by atomic mass is 10.0. The Hall–Kier alpha value is -2.27. The van der Waals surface area contributed by atoms with Crippen LogP contribution in [0.3, 0.4) is 0 Å². The van der Waals surface area contributed by atoms with Gasteiger partial charge in [-0.25, -0.2) is 0 Å². The van der Waals surface area contributed by atoms with E-state index in [2.05, 4.69) is 0 Å². The zero-order valence-electron chi connectivity index (χ0n) is 13.2. The first-order valence-corrected chi connectivity index (χ1v) is 7.83. The van der Waals surface area contributed by atoms with Gasteiger partial charge < -0.3 is 18.8 Å². The molecule has 1 saturated heterocycles. The molecule has 5 nitrogen and oxygen atoms in total. The van der Waals surface area contributed by atoms with Crippen LogP contribution in [0.15, 0.2) is 47.1 Å². The lowest BCUT2D eigenvalue weighted by Crippen LogP contribution is -2.42.